The Labute approximate surface area is 181 Å². The fourth-order valence-electron chi connectivity index (χ4n) is 3.48. The van der Waals surface area contributed by atoms with E-state index in [0.717, 1.165) is 5.39 Å². The Morgan fingerprint density at radius 3 is 2.75 bits per heavy atom. The van der Waals surface area contributed by atoms with Gasteiger partial charge in [-0.25, -0.2) is 4.79 Å². The largest absolute Gasteiger partial charge is 0.503 e. The van der Waals surface area contributed by atoms with Gasteiger partial charge < -0.3 is 23.9 Å². The van der Waals surface area contributed by atoms with Crippen LogP contribution < -0.4 is 15.8 Å². The monoisotopic (exact) mass is 438 g/mol. The summed E-state index contributed by atoms with van der Waals surface area (Å²) < 4.78 is 14.3. The lowest BCUT2D eigenvalue weighted by molar-refractivity contribution is 0.259. The molecule has 0 atom stereocenters. The standard InChI is InChI=1S/C22H22N4O6/c1-14-9-19(28)22(30)18(12-27)26(14)8-2-7-25-11-16(23-24-25)13-31-17-5-3-15-4-6-21(29)32-20(15)10-17/h3-6,9-11,27,30H,2,7-8,12-13H2,1H3. The van der Waals surface area contributed by atoms with E-state index in [1.54, 1.807) is 40.6 Å². The first-order valence-corrected chi connectivity index (χ1v) is 10.0. The van der Waals surface area contributed by atoms with E-state index in [4.69, 9.17) is 9.15 Å². The number of fused-ring (bicyclic) bond motifs is 1. The first-order valence-electron chi connectivity index (χ1n) is 10.0. The maximum absolute atomic E-state index is 11.7. The molecule has 0 radical (unpaired) electrons. The van der Waals surface area contributed by atoms with Gasteiger partial charge in [-0.2, -0.15) is 0 Å². The fourth-order valence-corrected chi connectivity index (χ4v) is 3.48. The van der Waals surface area contributed by atoms with Crippen molar-refractivity contribution in [1.82, 2.24) is 19.6 Å². The van der Waals surface area contributed by atoms with Crippen molar-refractivity contribution in [2.75, 3.05) is 0 Å². The summed E-state index contributed by atoms with van der Waals surface area (Å²) >= 11 is 0. The third kappa shape index (κ3) is 4.54. The molecule has 10 nitrogen and oxygen atoms in total. The van der Waals surface area contributed by atoms with Gasteiger partial charge in [0.1, 0.15) is 23.6 Å². The number of aryl methyl sites for hydroxylation is 2. The average Bonchev–Trinajstić information content (AvgIpc) is 3.23. The molecular formula is C22H22N4O6. The van der Waals surface area contributed by atoms with Gasteiger partial charge in [0, 0.05) is 42.4 Å². The van der Waals surface area contributed by atoms with Crippen LogP contribution in [-0.4, -0.2) is 29.8 Å². The molecule has 0 aliphatic rings. The van der Waals surface area contributed by atoms with Gasteiger partial charge in [0.25, 0.3) is 0 Å². The van der Waals surface area contributed by atoms with E-state index in [2.05, 4.69) is 10.3 Å². The highest BCUT2D eigenvalue weighted by Gasteiger charge is 2.12. The number of hydrogen-bond acceptors (Lipinski definition) is 8. The number of aromatic nitrogens is 4. The third-order valence-electron chi connectivity index (χ3n) is 5.08. The fraction of sp³-hybridized carbons (Fsp3) is 0.273. The van der Waals surface area contributed by atoms with Gasteiger partial charge in [-0.1, -0.05) is 5.21 Å². The number of aliphatic hydroxyl groups excluding tert-OH is 1. The summed E-state index contributed by atoms with van der Waals surface area (Å²) in [4.78, 5) is 23.1. The number of aliphatic hydroxyl groups is 1. The summed E-state index contributed by atoms with van der Waals surface area (Å²) in [7, 11) is 0. The normalized spacial score (nSPS) is 11.2. The number of pyridine rings is 1. The van der Waals surface area contributed by atoms with Crippen molar-refractivity contribution in [2.45, 2.75) is 39.6 Å². The Bertz CT molecular complexity index is 1370. The van der Waals surface area contributed by atoms with Crippen molar-refractivity contribution in [3.63, 3.8) is 0 Å². The summed E-state index contributed by atoms with van der Waals surface area (Å²) in [5.41, 5.74) is 1.02. The van der Waals surface area contributed by atoms with Gasteiger partial charge in [-0.05, 0) is 31.5 Å². The van der Waals surface area contributed by atoms with E-state index in [-0.39, 0.29) is 12.3 Å². The van der Waals surface area contributed by atoms with Gasteiger partial charge in [-0.3, -0.25) is 9.48 Å². The van der Waals surface area contributed by atoms with E-state index in [0.29, 0.717) is 42.2 Å². The van der Waals surface area contributed by atoms with Gasteiger partial charge in [0.2, 0.25) is 5.43 Å². The van der Waals surface area contributed by atoms with Crippen LogP contribution in [0.4, 0.5) is 0 Å². The predicted molar refractivity (Wildman–Crippen MR) is 114 cm³/mol. The summed E-state index contributed by atoms with van der Waals surface area (Å²) in [6, 6.07) is 9.65. The van der Waals surface area contributed by atoms with Crippen molar-refractivity contribution < 1.29 is 19.4 Å². The first-order chi connectivity index (χ1) is 15.4. The Morgan fingerprint density at radius 2 is 1.94 bits per heavy atom. The lowest BCUT2D eigenvalue weighted by Gasteiger charge is -2.16. The molecule has 0 saturated heterocycles. The minimum Gasteiger partial charge on any atom is -0.503 e. The summed E-state index contributed by atoms with van der Waals surface area (Å²) in [5, 5.41) is 28.4. The average molecular weight is 438 g/mol. The molecule has 0 unspecified atom stereocenters. The molecule has 4 rings (SSSR count). The zero-order valence-electron chi connectivity index (χ0n) is 17.4. The second kappa shape index (κ2) is 9.06. The molecule has 0 spiro atoms. The van der Waals surface area contributed by atoms with Crippen LogP contribution in [0, 0.1) is 6.92 Å². The molecule has 3 heterocycles. The number of rotatable bonds is 8. The molecule has 4 aromatic rings. The number of hydrogen-bond donors (Lipinski definition) is 2. The third-order valence-corrected chi connectivity index (χ3v) is 5.08. The van der Waals surface area contributed by atoms with Crippen molar-refractivity contribution in [3.8, 4) is 11.5 Å². The summed E-state index contributed by atoms with van der Waals surface area (Å²) in [6.07, 6.45) is 2.41. The number of aromatic hydroxyl groups is 1. The molecule has 166 valence electrons. The van der Waals surface area contributed by atoms with E-state index in [1.165, 1.54) is 12.1 Å². The lowest BCUT2D eigenvalue weighted by atomic mass is 10.2. The molecule has 0 aliphatic heterocycles. The summed E-state index contributed by atoms with van der Waals surface area (Å²) in [5.74, 6) is 0.123. The zero-order valence-corrected chi connectivity index (χ0v) is 17.4. The van der Waals surface area contributed by atoms with E-state index < -0.39 is 23.4 Å². The maximum Gasteiger partial charge on any atom is 0.336 e. The first kappa shape index (κ1) is 21.3. The van der Waals surface area contributed by atoms with E-state index in [9.17, 15) is 19.8 Å². The van der Waals surface area contributed by atoms with Gasteiger partial charge in [-0.15, -0.1) is 5.10 Å². The topological polar surface area (TPSA) is 133 Å². The highest BCUT2D eigenvalue weighted by atomic mass is 16.5. The van der Waals surface area contributed by atoms with Crippen molar-refractivity contribution in [1.29, 1.82) is 0 Å². The molecule has 0 bridgehead atoms. The smallest absolute Gasteiger partial charge is 0.336 e. The van der Waals surface area contributed by atoms with Crippen LogP contribution in [0.1, 0.15) is 23.5 Å². The minimum atomic E-state index is -0.503. The highest BCUT2D eigenvalue weighted by molar-refractivity contribution is 5.77. The second-order valence-corrected chi connectivity index (χ2v) is 7.32. The van der Waals surface area contributed by atoms with Crippen molar-refractivity contribution in [3.05, 3.63) is 80.3 Å². The second-order valence-electron chi connectivity index (χ2n) is 7.32. The molecule has 0 amide bonds. The van der Waals surface area contributed by atoms with E-state index in [1.807, 2.05) is 6.07 Å². The Hall–Kier alpha value is -3.92. The predicted octanol–water partition coefficient (Wildman–Crippen LogP) is 1.72. The SMILES string of the molecule is Cc1cc(=O)c(O)c(CO)n1CCCn1cc(COc2ccc3ccc(=O)oc3c2)nn1. The molecule has 3 aromatic heterocycles. The van der Waals surface area contributed by atoms with Crippen LogP contribution in [0.25, 0.3) is 11.0 Å². The summed E-state index contributed by atoms with van der Waals surface area (Å²) in [6.45, 7) is 2.56. The molecule has 32 heavy (non-hydrogen) atoms. The maximum atomic E-state index is 11.7. The molecule has 0 aliphatic carbocycles. The van der Waals surface area contributed by atoms with E-state index >= 15 is 0 Å². The van der Waals surface area contributed by atoms with Crippen LogP contribution in [0.3, 0.4) is 0 Å². The van der Waals surface area contributed by atoms with Gasteiger partial charge in [0.15, 0.2) is 5.75 Å². The van der Waals surface area contributed by atoms with Crippen molar-refractivity contribution in [2.24, 2.45) is 0 Å². The quantitative estimate of drug-likeness (QED) is 0.398. The van der Waals surface area contributed by atoms with Crippen LogP contribution >= 0.6 is 0 Å². The van der Waals surface area contributed by atoms with Gasteiger partial charge >= 0.3 is 5.63 Å². The molecule has 2 N–H and O–H groups in total. The van der Waals surface area contributed by atoms with Crippen LogP contribution in [0.15, 0.2) is 56.6 Å². The molecule has 0 fully saturated rings. The number of nitrogens with zero attached hydrogens (tertiary/aromatic N) is 4. The molecular weight excluding hydrogens is 416 g/mol. The zero-order chi connectivity index (χ0) is 22.7. The van der Waals surface area contributed by atoms with Crippen molar-refractivity contribution >= 4 is 11.0 Å². The Kier molecular flexibility index (Phi) is 6.04. The van der Waals surface area contributed by atoms with Crippen LogP contribution in [0.5, 0.6) is 11.5 Å². The number of benzene rings is 1. The minimum absolute atomic E-state index is 0.198. The molecule has 10 heteroatoms. The van der Waals surface area contributed by atoms with Gasteiger partial charge in [0.05, 0.1) is 18.5 Å². The Balaban J connectivity index is 1.35. The van der Waals surface area contributed by atoms with Crippen LogP contribution in [-0.2, 0) is 26.3 Å². The number of ether oxygens (including phenoxy) is 1. The Morgan fingerprint density at radius 1 is 1.12 bits per heavy atom. The lowest BCUT2D eigenvalue weighted by Crippen LogP contribution is -2.17. The molecule has 1 aromatic carbocycles. The highest BCUT2D eigenvalue weighted by Crippen LogP contribution is 2.20. The molecule has 0 saturated carbocycles. The van der Waals surface area contributed by atoms with Crippen LogP contribution in [0.2, 0.25) is 0 Å².